The fourth-order valence-corrected chi connectivity index (χ4v) is 2.54. The maximum atomic E-state index is 11.6. The van der Waals surface area contributed by atoms with Gasteiger partial charge in [-0.2, -0.15) is 21.6 Å². The Morgan fingerprint density at radius 1 is 1.50 bits per heavy atom. The molecule has 74 valence electrons. The Morgan fingerprint density at radius 2 is 1.83 bits per heavy atom. The molecule has 0 rings (SSSR count). The number of hydrogen-bond acceptors (Lipinski definition) is 2. The Labute approximate surface area is 72.5 Å². The normalized spacial score (nSPS) is 18.8. The van der Waals surface area contributed by atoms with Crippen LogP contribution in [-0.2, 0) is 9.74 Å². The summed E-state index contributed by atoms with van der Waals surface area (Å²) >= 11 is 5.05. The highest BCUT2D eigenvalue weighted by Gasteiger charge is 2.54. The molecular formula is C3H6ClF3O3PS+. The Kier molecular flexibility index (Phi) is 3.40. The average Bonchev–Trinajstić information content (AvgIpc) is 1.52. The first-order valence-electron chi connectivity index (χ1n) is 2.55. The summed E-state index contributed by atoms with van der Waals surface area (Å²) in [4.78, 5) is 0. The van der Waals surface area contributed by atoms with E-state index in [1.54, 1.807) is 0 Å². The van der Waals surface area contributed by atoms with Gasteiger partial charge in [-0.3, -0.25) is 4.55 Å². The van der Waals surface area contributed by atoms with Crippen molar-refractivity contribution in [3.63, 3.8) is 0 Å². The smallest absolute Gasteiger partial charge is 0.256 e. The zero-order valence-electron chi connectivity index (χ0n) is 5.84. The minimum Gasteiger partial charge on any atom is -0.256 e. The van der Waals surface area contributed by atoms with Gasteiger partial charge in [0.1, 0.15) is 11.2 Å². The van der Waals surface area contributed by atoms with Crippen LogP contribution in [-0.4, -0.2) is 32.0 Å². The molecule has 0 spiro atoms. The molecular weight excluding hydrogens is 240 g/mol. The van der Waals surface area contributed by atoms with Crippen molar-refractivity contribution in [2.45, 2.75) is 6.18 Å². The van der Waals surface area contributed by atoms with Crippen LogP contribution in [0.4, 0.5) is 13.2 Å². The maximum absolute atomic E-state index is 11.6. The topological polar surface area (TPSA) is 54.4 Å². The molecule has 0 saturated heterocycles. The van der Waals surface area contributed by atoms with Crippen molar-refractivity contribution in [2.75, 3.05) is 12.8 Å². The first-order valence-corrected chi connectivity index (χ1v) is 7.92. The minimum atomic E-state index is -4.78. The summed E-state index contributed by atoms with van der Waals surface area (Å²) in [5, 5.41) is 0. The van der Waals surface area contributed by atoms with Crippen LogP contribution in [0, 0.1) is 0 Å². The van der Waals surface area contributed by atoms with E-state index in [-0.39, 0.29) is 0 Å². The molecule has 0 radical (unpaired) electrons. The largest absolute Gasteiger partial charge is 0.424 e. The van der Waals surface area contributed by atoms with Gasteiger partial charge in [0.25, 0.3) is 5.82 Å². The van der Waals surface area contributed by atoms with Crippen molar-refractivity contribution in [1.82, 2.24) is 0 Å². The third kappa shape index (κ3) is 3.89. The highest BCUT2D eigenvalue weighted by atomic mass is 35.7. The summed E-state index contributed by atoms with van der Waals surface area (Å²) < 4.78 is 63.9. The Morgan fingerprint density at radius 3 is 1.92 bits per heavy atom. The van der Waals surface area contributed by atoms with Gasteiger partial charge >= 0.3 is 15.9 Å². The first kappa shape index (κ1) is 12.4. The fraction of sp³-hybridized carbons (Fsp3) is 1.00. The molecule has 1 atom stereocenters. The van der Waals surface area contributed by atoms with E-state index >= 15 is 0 Å². The lowest BCUT2D eigenvalue weighted by Gasteiger charge is -2.11. The summed E-state index contributed by atoms with van der Waals surface area (Å²) in [5.41, 5.74) is 0. The van der Waals surface area contributed by atoms with Crippen molar-refractivity contribution in [2.24, 2.45) is 0 Å². The van der Waals surface area contributed by atoms with Gasteiger partial charge in [-0.25, -0.2) is 0 Å². The summed E-state index contributed by atoms with van der Waals surface area (Å²) in [7, 11) is -4.78. The molecule has 3 nitrogen and oxygen atoms in total. The van der Waals surface area contributed by atoms with Gasteiger partial charge in [-0.1, -0.05) is 0 Å². The minimum absolute atomic E-state index is 0.692. The van der Waals surface area contributed by atoms with Crippen molar-refractivity contribution in [3.8, 4) is 0 Å². The lowest BCUT2D eigenvalue weighted by atomic mass is 10.8. The molecule has 0 aromatic rings. The molecule has 9 heteroatoms. The van der Waals surface area contributed by atoms with Crippen molar-refractivity contribution in [1.29, 1.82) is 0 Å². The predicted molar refractivity (Wildman–Crippen MR) is 41.2 cm³/mol. The van der Waals surface area contributed by atoms with Crippen molar-refractivity contribution in [3.05, 3.63) is 0 Å². The Hall–Kier alpha value is 0.420. The average molecular weight is 246 g/mol. The molecule has 1 N–H and O–H groups in total. The molecule has 0 fully saturated rings. The molecule has 0 aromatic carbocycles. The number of rotatable bonds is 2. The van der Waals surface area contributed by atoms with Gasteiger partial charge in [-0.05, 0) is 0 Å². The van der Waals surface area contributed by atoms with Crippen LogP contribution in [0.3, 0.4) is 0 Å². The van der Waals surface area contributed by atoms with Crippen molar-refractivity contribution >= 4 is 26.8 Å². The lowest BCUT2D eigenvalue weighted by Crippen LogP contribution is -2.18. The van der Waals surface area contributed by atoms with E-state index in [4.69, 9.17) is 15.8 Å². The lowest BCUT2D eigenvalue weighted by molar-refractivity contribution is -0.106. The van der Waals surface area contributed by atoms with Gasteiger partial charge in [0.05, 0.1) is 6.66 Å². The SMILES string of the molecule is C[P+](Cl)(CC(F)(F)F)S(=O)(=O)O. The number of alkyl halides is 3. The molecule has 0 amide bonds. The van der Waals surface area contributed by atoms with Crippen LogP contribution in [0.2, 0.25) is 0 Å². The molecule has 0 aliphatic rings. The van der Waals surface area contributed by atoms with E-state index in [9.17, 15) is 21.6 Å². The number of halogens is 4. The van der Waals surface area contributed by atoms with Gasteiger partial charge in [-0.15, -0.1) is 0 Å². The Balaban J connectivity index is 4.68. The van der Waals surface area contributed by atoms with Crippen LogP contribution >= 0.6 is 17.1 Å². The Bertz CT molecular complexity index is 258. The third-order valence-corrected chi connectivity index (χ3v) is 8.03. The van der Waals surface area contributed by atoms with Gasteiger partial charge in [0.15, 0.2) is 6.16 Å². The zero-order chi connectivity index (χ0) is 10.2. The van der Waals surface area contributed by atoms with E-state index in [1.165, 1.54) is 0 Å². The third-order valence-electron chi connectivity index (χ3n) is 0.943. The van der Waals surface area contributed by atoms with Crippen LogP contribution in [0.25, 0.3) is 0 Å². The van der Waals surface area contributed by atoms with Crippen molar-refractivity contribution < 1.29 is 26.1 Å². The fourth-order valence-electron chi connectivity index (χ4n) is 0.402. The zero-order valence-corrected chi connectivity index (χ0v) is 8.30. The van der Waals surface area contributed by atoms with E-state index in [2.05, 4.69) is 0 Å². The molecule has 0 saturated carbocycles. The maximum Gasteiger partial charge on any atom is 0.424 e. The summed E-state index contributed by atoms with van der Waals surface area (Å²) in [6.45, 7) is 0.692. The van der Waals surface area contributed by atoms with E-state index in [0.717, 1.165) is 0 Å². The summed E-state index contributed by atoms with van der Waals surface area (Å²) in [6, 6.07) is 0. The molecule has 1 unspecified atom stereocenters. The second-order valence-corrected chi connectivity index (χ2v) is 12.0. The second kappa shape index (κ2) is 3.29. The molecule has 0 bridgehead atoms. The van der Waals surface area contributed by atoms with Gasteiger partial charge < -0.3 is 0 Å². The highest BCUT2D eigenvalue weighted by molar-refractivity contribution is 8.63. The molecule has 0 aliphatic heterocycles. The number of hydrogen-bond donors (Lipinski definition) is 1. The second-order valence-electron chi connectivity index (χ2n) is 2.21. The molecule has 12 heavy (non-hydrogen) atoms. The molecule has 0 aliphatic carbocycles. The van der Waals surface area contributed by atoms with E-state index < -0.39 is 27.9 Å². The standard InChI is InChI=1S/C3H5ClF3O3PS/c1-11(4,12(8,9)10)2-3(5,6)7/h2H2,1H3/p+1. The summed E-state index contributed by atoms with van der Waals surface area (Å²) in [5.74, 6) is -3.87. The van der Waals surface area contributed by atoms with Crippen LogP contribution in [0.15, 0.2) is 0 Å². The monoisotopic (exact) mass is 245 g/mol. The molecule has 0 heterocycles. The van der Waals surface area contributed by atoms with E-state index in [1.807, 2.05) is 0 Å². The summed E-state index contributed by atoms with van der Waals surface area (Å²) in [6.07, 6.45) is -6.36. The quantitative estimate of drug-likeness (QED) is 0.599. The van der Waals surface area contributed by atoms with Crippen LogP contribution in [0.5, 0.6) is 0 Å². The van der Waals surface area contributed by atoms with Gasteiger partial charge in [0, 0.05) is 0 Å². The predicted octanol–water partition coefficient (Wildman–Crippen LogP) is 2.15. The van der Waals surface area contributed by atoms with E-state index in [0.29, 0.717) is 6.66 Å². The van der Waals surface area contributed by atoms with Crippen LogP contribution in [0.1, 0.15) is 0 Å². The highest BCUT2D eigenvalue weighted by Crippen LogP contribution is 2.67. The van der Waals surface area contributed by atoms with Gasteiger partial charge in [0.2, 0.25) is 0 Å². The first-order chi connectivity index (χ1) is 4.96. The molecule has 0 aromatic heterocycles. The van der Waals surface area contributed by atoms with Crippen LogP contribution < -0.4 is 0 Å².